The van der Waals surface area contributed by atoms with Gasteiger partial charge in [0.15, 0.2) is 6.04 Å². The second-order valence-corrected chi connectivity index (χ2v) is 7.92. The summed E-state index contributed by atoms with van der Waals surface area (Å²) in [6.07, 6.45) is 0.749. The van der Waals surface area contributed by atoms with Gasteiger partial charge in [-0.05, 0) is 23.6 Å². The van der Waals surface area contributed by atoms with Gasteiger partial charge in [-0.1, -0.05) is 42.7 Å². The SMILES string of the molecule is CC(C)C[C@H]([NH3+])c1nnc(S(=O)(=O)Cc2ccc(Cl)cc2)o1.[Cl-]. The van der Waals surface area contributed by atoms with Crippen LogP contribution < -0.4 is 18.1 Å². The van der Waals surface area contributed by atoms with E-state index in [9.17, 15) is 8.42 Å². The molecule has 0 aliphatic heterocycles. The van der Waals surface area contributed by atoms with Crippen LogP contribution in [0.3, 0.4) is 0 Å². The van der Waals surface area contributed by atoms with E-state index in [4.69, 9.17) is 16.0 Å². The molecule has 0 saturated carbocycles. The minimum absolute atomic E-state index is 0. The molecule has 1 atom stereocenters. The molecular weight excluding hydrogens is 361 g/mol. The molecule has 0 unspecified atom stereocenters. The molecule has 0 radical (unpaired) electrons. The molecule has 0 spiro atoms. The Labute approximate surface area is 146 Å². The van der Waals surface area contributed by atoms with Crippen LogP contribution in [0, 0.1) is 5.92 Å². The number of hydrogen-bond acceptors (Lipinski definition) is 5. The van der Waals surface area contributed by atoms with E-state index in [1.54, 1.807) is 24.3 Å². The summed E-state index contributed by atoms with van der Waals surface area (Å²) in [5.41, 5.74) is 4.54. The standard InChI is InChI=1S/C14H18ClN3O3S.ClH/c1-9(2)7-12(16)13-17-18-14(21-13)22(19,20)8-10-3-5-11(15)6-4-10;/h3-6,9,12H,7-8,16H2,1-2H3;1H/t12-;/m0./s1. The fraction of sp³-hybridized carbons (Fsp3) is 0.429. The van der Waals surface area contributed by atoms with Crippen LogP contribution in [0.15, 0.2) is 33.9 Å². The highest BCUT2D eigenvalue weighted by molar-refractivity contribution is 7.90. The van der Waals surface area contributed by atoms with E-state index < -0.39 is 9.84 Å². The number of quaternary nitrogens is 1. The lowest BCUT2D eigenvalue weighted by atomic mass is 10.1. The van der Waals surface area contributed by atoms with Crippen molar-refractivity contribution in [3.05, 3.63) is 40.7 Å². The third-order valence-corrected chi connectivity index (χ3v) is 4.73. The van der Waals surface area contributed by atoms with Crippen LogP contribution >= 0.6 is 11.6 Å². The molecule has 128 valence electrons. The lowest BCUT2D eigenvalue weighted by Gasteiger charge is -2.06. The molecule has 2 aromatic rings. The first kappa shape index (κ1) is 19.9. The van der Waals surface area contributed by atoms with Crippen molar-refractivity contribution in [3.8, 4) is 0 Å². The van der Waals surface area contributed by atoms with E-state index in [0.717, 1.165) is 6.42 Å². The van der Waals surface area contributed by atoms with E-state index in [0.29, 0.717) is 16.5 Å². The number of halogens is 2. The summed E-state index contributed by atoms with van der Waals surface area (Å²) in [4.78, 5) is 0. The van der Waals surface area contributed by atoms with Crippen LogP contribution in [0.2, 0.25) is 5.02 Å². The van der Waals surface area contributed by atoms with Gasteiger partial charge in [0.1, 0.15) is 0 Å². The second-order valence-electron chi connectivity index (χ2n) is 5.62. The molecule has 9 heteroatoms. The van der Waals surface area contributed by atoms with Gasteiger partial charge in [-0.3, -0.25) is 0 Å². The predicted molar refractivity (Wildman–Crippen MR) is 81.7 cm³/mol. The third-order valence-electron chi connectivity index (χ3n) is 3.06. The largest absolute Gasteiger partial charge is 1.00 e. The Morgan fingerprint density at radius 2 is 1.83 bits per heavy atom. The van der Waals surface area contributed by atoms with Crippen molar-refractivity contribution in [2.45, 2.75) is 37.3 Å². The van der Waals surface area contributed by atoms with Crippen LogP contribution in [0.1, 0.15) is 37.8 Å². The first-order valence-corrected chi connectivity index (χ1v) is 8.94. The summed E-state index contributed by atoms with van der Waals surface area (Å²) in [6.45, 7) is 4.10. The number of nitrogens with zero attached hydrogens (tertiary/aromatic N) is 2. The lowest BCUT2D eigenvalue weighted by Crippen LogP contribution is -3.00. The number of benzene rings is 1. The van der Waals surface area contributed by atoms with Gasteiger partial charge in [-0.15, -0.1) is 5.10 Å². The molecule has 0 aliphatic carbocycles. The van der Waals surface area contributed by atoms with Crippen molar-refractivity contribution in [3.63, 3.8) is 0 Å². The van der Waals surface area contributed by atoms with Crippen LogP contribution in [0.5, 0.6) is 0 Å². The van der Waals surface area contributed by atoms with E-state index in [1.807, 2.05) is 13.8 Å². The van der Waals surface area contributed by atoms with Gasteiger partial charge in [0, 0.05) is 11.4 Å². The monoisotopic (exact) mass is 379 g/mol. The highest BCUT2D eigenvalue weighted by Crippen LogP contribution is 2.20. The predicted octanol–water partition coefficient (Wildman–Crippen LogP) is -0.970. The molecule has 0 bridgehead atoms. The summed E-state index contributed by atoms with van der Waals surface area (Å²) >= 11 is 5.78. The molecule has 0 saturated heterocycles. The average Bonchev–Trinajstić information content (AvgIpc) is 2.91. The van der Waals surface area contributed by atoms with Crippen molar-refractivity contribution >= 4 is 21.4 Å². The number of sulfone groups is 1. The van der Waals surface area contributed by atoms with Gasteiger partial charge in [-0.25, -0.2) is 8.42 Å². The molecular formula is C14H19Cl2N3O3S. The van der Waals surface area contributed by atoms with Gasteiger partial charge in [0.2, 0.25) is 9.84 Å². The van der Waals surface area contributed by atoms with E-state index in [2.05, 4.69) is 15.9 Å². The highest BCUT2D eigenvalue weighted by Gasteiger charge is 2.26. The fourth-order valence-corrected chi connectivity index (χ4v) is 3.30. The van der Waals surface area contributed by atoms with Crippen LogP contribution in [0.4, 0.5) is 0 Å². The highest BCUT2D eigenvalue weighted by atomic mass is 35.5. The fourth-order valence-electron chi connectivity index (χ4n) is 2.04. The molecule has 1 aromatic carbocycles. The minimum Gasteiger partial charge on any atom is -1.00 e. The van der Waals surface area contributed by atoms with E-state index in [1.165, 1.54) is 0 Å². The molecule has 0 amide bonds. The van der Waals surface area contributed by atoms with Gasteiger partial charge >= 0.3 is 5.22 Å². The smallest absolute Gasteiger partial charge is 0.336 e. The van der Waals surface area contributed by atoms with Crippen molar-refractivity contribution in [2.75, 3.05) is 0 Å². The first-order valence-electron chi connectivity index (χ1n) is 6.91. The van der Waals surface area contributed by atoms with Crippen LogP contribution in [-0.2, 0) is 15.6 Å². The maximum atomic E-state index is 12.3. The Kier molecular flexibility index (Phi) is 7.01. The normalized spacial score (nSPS) is 12.9. The third kappa shape index (κ3) is 5.46. The quantitative estimate of drug-likeness (QED) is 0.695. The van der Waals surface area contributed by atoms with Crippen molar-refractivity contribution in [1.29, 1.82) is 0 Å². The Morgan fingerprint density at radius 1 is 1.22 bits per heavy atom. The Hall–Kier alpha value is -1.15. The lowest BCUT2D eigenvalue weighted by molar-refractivity contribution is -0.435. The van der Waals surface area contributed by atoms with E-state index in [-0.39, 0.29) is 35.3 Å². The molecule has 1 heterocycles. The van der Waals surface area contributed by atoms with Crippen molar-refractivity contribution < 1.29 is 31.0 Å². The molecule has 1 aromatic heterocycles. The number of aromatic nitrogens is 2. The van der Waals surface area contributed by atoms with Crippen LogP contribution in [0.25, 0.3) is 0 Å². The van der Waals surface area contributed by atoms with Crippen LogP contribution in [-0.4, -0.2) is 18.6 Å². The zero-order valence-electron chi connectivity index (χ0n) is 12.9. The first-order chi connectivity index (χ1) is 10.3. The van der Waals surface area contributed by atoms with Gasteiger partial charge in [0.05, 0.1) is 5.75 Å². The number of hydrogen-bond donors (Lipinski definition) is 1. The summed E-state index contributed by atoms with van der Waals surface area (Å²) in [5.74, 6) is 0.449. The molecule has 23 heavy (non-hydrogen) atoms. The molecule has 2 rings (SSSR count). The Balaban J connectivity index is 0.00000264. The Bertz CT molecular complexity index is 730. The van der Waals surface area contributed by atoms with E-state index >= 15 is 0 Å². The van der Waals surface area contributed by atoms with Crippen molar-refractivity contribution in [1.82, 2.24) is 10.2 Å². The second kappa shape index (κ2) is 8.10. The van der Waals surface area contributed by atoms with Crippen molar-refractivity contribution in [2.24, 2.45) is 5.92 Å². The van der Waals surface area contributed by atoms with Gasteiger partial charge < -0.3 is 22.6 Å². The summed E-state index contributed by atoms with van der Waals surface area (Å²) in [6, 6.07) is 6.37. The van der Waals surface area contributed by atoms with Gasteiger partial charge in [-0.2, -0.15) is 0 Å². The maximum Gasteiger partial charge on any atom is 0.336 e. The summed E-state index contributed by atoms with van der Waals surface area (Å²) < 4.78 is 29.9. The topological polar surface area (TPSA) is 101 Å². The molecule has 3 N–H and O–H groups in total. The summed E-state index contributed by atoms with van der Waals surface area (Å²) in [5, 5.41) is 7.66. The molecule has 0 fully saturated rings. The number of rotatable bonds is 6. The molecule has 6 nitrogen and oxygen atoms in total. The average molecular weight is 380 g/mol. The minimum atomic E-state index is -3.68. The summed E-state index contributed by atoms with van der Waals surface area (Å²) in [7, 11) is -3.68. The Morgan fingerprint density at radius 3 is 2.39 bits per heavy atom. The van der Waals surface area contributed by atoms with Gasteiger partial charge in [0.25, 0.3) is 5.89 Å². The zero-order chi connectivity index (χ0) is 16.3. The zero-order valence-corrected chi connectivity index (χ0v) is 15.2. The maximum absolute atomic E-state index is 12.3. The molecule has 0 aliphatic rings.